The van der Waals surface area contributed by atoms with Crippen molar-refractivity contribution in [3.63, 3.8) is 0 Å². The highest BCUT2D eigenvalue weighted by molar-refractivity contribution is 9.13. The van der Waals surface area contributed by atoms with Crippen LogP contribution in [0.5, 0.6) is 0 Å². The van der Waals surface area contributed by atoms with Crippen LogP contribution in [0.15, 0.2) is 26.5 Å². The van der Waals surface area contributed by atoms with Crippen molar-refractivity contribution in [2.45, 2.75) is 5.38 Å². The van der Waals surface area contributed by atoms with Gasteiger partial charge < -0.3 is 0 Å². The maximum atomic E-state index is 6.35. The number of thiophene rings is 2. The zero-order valence-electron chi connectivity index (χ0n) is 7.14. The average Bonchev–Trinajstić information content (AvgIpc) is 2.74. The van der Waals surface area contributed by atoms with Crippen molar-refractivity contribution in [2.75, 3.05) is 0 Å². The molecule has 0 N–H and O–H groups in total. The largest absolute Gasteiger partial charge is 0.130 e. The van der Waals surface area contributed by atoms with Gasteiger partial charge in [-0.2, -0.15) is 0 Å². The molecule has 0 nitrogen and oxygen atoms in total. The van der Waals surface area contributed by atoms with E-state index in [0.717, 1.165) is 22.3 Å². The number of rotatable bonds is 2. The summed E-state index contributed by atoms with van der Waals surface area (Å²) in [5.74, 6) is 0. The second kappa shape index (κ2) is 5.07. The van der Waals surface area contributed by atoms with Crippen LogP contribution in [-0.2, 0) is 0 Å². The molecule has 2 aromatic rings. The molecular weight excluding hydrogens is 403 g/mol. The van der Waals surface area contributed by atoms with E-state index in [1.165, 1.54) is 11.3 Å². The van der Waals surface area contributed by atoms with E-state index < -0.39 is 0 Å². The highest BCUT2D eigenvalue weighted by atomic mass is 79.9. The lowest BCUT2D eigenvalue weighted by atomic mass is 10.3. The molecule has 6 heteroatoms. The maximum absolute atomic E-state index is 6.35. The van der Waals surface area contributed by atoms with Crippen molar-refractivity contribution in [1.82, 2.24) is 0 Å². The molecule has 0 aliphatic rings. The third kappa shape index (κ3) is 2.79. The molecule has 1 atom stereocenters. The molecule has 0 amide bonds. The van der Waals surface area contributed by atoms with Gasteiger partial charge in [0.15, 0.2) is 0 Å². The number of hydrogen-bond acceptors (Lipinski definition) is 2. The summed E-state index contributed by atoms with van der Waals surface area (Å²) in [6.07, 6.45) is 0. The number of alkyl halides is 1. The van der Waals surface area contributed by atoms with E-state index in [9.17, 15) is 0 Å². The van der Waals surface area contributed by atoms with Gasteiger partial charge in [0.05, 0.1) is 8.12 Å². The predicted molar refractivity (Wildman–Crippen MR) is 76.7 cm³/mol. The van der Waals surface area contributed by atoms with Gasteiger partial charge in [0, 0.05) is 14.2 Å². The van der Waals surface area contributed by atoms with Crippen molar-refractivity contribution in [3.8, 4) is 0 Å². The van der Waals surface area contributed by atoms with Crippen LogP contribution >= 0.6 is 77.7 Å². The van der Waals surface area contributed by atoms with Gasteiger partial charge in [0.2, 0.25) is 0 Å². The molecule has 0 aliphatic heterocycles. The fraction of sp³-hybridized carbons (Fsp3) is 0.111. The van der Waals surface area contributed by atoms with Gasteiger partial charge in [0.25, 0.3) is 0 Å². The lowest BCUT2D eigenvalue weighted by Gasteiger charge is -2.02. The Hall–Kier alpha value is 0.940. The third-order valence-electron chi connectivity index (χ3n) is 1.76. The fourth-order valence-electron chi connectivity index (χ4n) is 1.09. The van der Waals surface area contributed by atoms with Crippen molar-refractivity contribution >= 4 is 77.7 Å². The molecule has 0 radical (unpaired) electrons. The van der Waals surface area contributed by atoms with E-state index in [1.54, 1.807) is 11.3 Å². The molecule has 2 aromatic heterocycles. The van der Waals surface area contributed by atoms with E-state index in [0.29, 0.717) is 0 Å². The second-order valence-electron chi connectivity index (χ2n) is 2.77. The van der Waals surface area contributed by atoms with Gasteiger partial charge in [-0.3, -0.25) is 0 Å². The molecule has 0 spiro atoms. The molecule has 0 bridgehead atoms. The van der Waals surface area contributed by atoms with Gasteiger partial charge in [-0.1, -0.05) is 11.6 Å². The monoisotopic (exact) mass is 404 g/mol. The Balaban J connectivity index is 2.31. The Bertz CT molecular complexity index is 459. The van der Waals surface area contributed by atoms with Crippen LogP contribution in [0.2, 0.25) is 4.34 Å². The highest BCUT2D eigenvalue weighted by Crippen LogP contribution is 2.42. The van der Waals surface area contributed by atoms with Crippen molar-refractivity contribution in [1.29, 1.82) is 0 Å². The van der Waals surface area contributed by atoms with Crippen LogP contribution in [-0.4, -0.2) is 0 Å². The molecule has 2 heterocycles. The summed E-state index contributed by atoms with van der Waals surface area (Å²) < 4.78 is 2.87. The fourth-order valence-corrected chi connectivity index (χ4v) is 4.72. The number of hydrogen-bond donors (Lipinski definition) is 0. The summed E-state index contributed by atoms with van der Waals surface area (Å²) in [5, 5.41) is -0.116. The van der Waals surface area contributed by atoms with Crippen LogP contribution in [0.4, 0.5) is 0 Å². The minimum absolute atomic E-state index is 0.116. The van der Waals surface area contributed by atoms with Gasteiger partial charge >= 0.3 is 0 Å². The first kappa shape index (κ1) is 12.4. The van der Waals surface area contributed by atoms with Crippen molar-refractivity contribution in [3.05, 3.63) is 40.5 Å². The Morgan fingerprint density at radius 1 is 1.13 bits per heavy atom. The molecule has 0 saturated heterocycles. The summed E-state index contributed by atoms with van der Waals surface area (Å²) in [4.78, 5) is 2.18. The average molecular weight is 407 g/mol. The quantitative estimate of drug-likeness (QED) is 0.512. The molecule has 0 aliphatic carbocycles. The smallest absolute Gasteiger partial charge is 0.102 e. The van der Waals surface area contributed by atoms with E-state index in [4.69, 9.17) is 23.2 Å². The minimum atomic E-state index is -0.116. The first-order valence-electron chi connectivity index (χ1n) is 3.92. The van der Waals surface area contributed by atoms with Crippen LogP contribution < -0.4 is 0 Å². The first-order chi connectivity index (χ1) is 7.08. The van der Waals surface area contributed by atoms with Crippen LogP contribution in [0.1, 0.15) is 15.1 Å². The molecule has 0 saturated carbocycles. The normalized spacial score (nSPS) is 13.1. The van der Waals surface area contributed by atoms with Crippen LogP contribution in [0.3, 0.4) is 0 Å². The van der Waals surface area contributed by atoms with Crippen LogP contribution in [0, 0.1) is 0 Å². The molecule has 80 valence electrons. The topological polar surface area (TPSA) is 0 Å². The zero-order valence-corrected chi connectivity index (χ0v) is 13.5. The molecule has 1 unspecified atom stereocenters. The lowest BCUT2D eigenvalue weighted by Crippen LogP contribution is -1.83. The summed E-state index contributed by atoms with van der Waals surface area (Å²) in [6.45, 7) is 0. The standard InChI is InChI=1S/C9H4Br2Cl2S2/c10-4-3-6(15-9(4)11)8(13)5-1-2-7(12)14-5/h1-3,8H. The maximum Gasteiger partial charge on any atom is 0.102 e. The van der Waals surface area contributed by atoms with E-state index in [-0.39, 0.29) is 5.38 Å². The first-order valence-corrected chi connectivity index (χ1v) is 7.95. The van der Waals surface area contributed by atoms with Crippen LogP contribution in [0.25, 0.3) is 0 Å². The van der Waals surface area contributed by atoms with Gasteiger partial charge in [-0.05, 0) is 50.1 Å². The minimum Gasteiger partial charge on any atom is -0.130 e. The Morgan fingerprint density at radius 3 is 2.33 bits per heavy atom. The third-order valence-corrected chi connectivity index (χ3v) is 7.10. The van der Waals surface area contributed by atoms with E-state index in [1.807, 2.05) is 18.2 Å². The van der Waals surface area contributed by atoms with E-state index in [2.05, 4.69) is 31.9 Å². The summed E-state index contributed by atoms with van der Waals surface area (Å²) >= 11 is 22.3. The highest BCUT2D eigenvalue weighted by Gasteiger charge is 2.16. The predicted octanol–water partition coefficient (Wildman–Crippen LogP) is 6.32. The molecule has 0 fully saturated rings. The Morgan fingerprint density at radius 2 is 1.87 bits per heavy atom. The summed E-state index contributed by atoms with van der Waals surface area (Å²) in [5.41, 5.74) is 0. The molecule has 2 rings (SSSR count). The zero-order chi connectivity index (χ0) is 11.0. The van der Waals surface area contributed by atoms with Gasteiger partial charge in [-0.25, -0.2) is 0 Å². The second-order valence-corrected chi connectivity index (χ2v) is 8.21. The summed E-state index contributed by atoms with van der Waals surface area (Å²) in [7, 11) is 0. The SMILES string of the molecule is Clc1ccc(C(Cl)c2cc(Br)c(Br)s2)s1. The van der Waals surface area contributed by atoms with E-state index >= 15 is 0 Å². The Kier molecular flexibility index (Phi) is 4.19. The van der Waals surface area contributed by atoms with Crippen molar-refractivity contribution < 1.29 is 0 Å². The van der Waals surface area contributed by atoms with Crippen molar-refractivity contribution in [2.24, 2.45) is 0 Å². The molecule has 0 aromatic carbocycles. The molecular formula is C9H4Br2Cl2S2. The molecule has 15 heavy (non-hydrogen) atoms. The number of halogens is 4. The van der Waals surface area contributed by atoms with Gasteiger partial charge in [-0.15, -0.1) is 34.3 Å². The summed E-state index contributed by atoms with van der Waals surface area (Å²) in [6, 6.07) is 5.86. The van der Waals surface area contributed by atoms with Gasteiger partial charge in [0.1, 0.15) is 5.38 Å². The Labute approximate surface area is 122 Å². The lowest BCUT2D eigenvalue weighted by molar-refractivity contribution is 1.24.